The molecule has 2 N–H and O–H groups in total. The highest BCUT2D eigenvalue weighted by Crippen LogP contribution is 2.66. The third-order valence-electron chi connectivity index (χ3n) is 7.06. The van der Waals surface area contributed by atoms with Crippen LogP contribution in [0.1, 0.15) is 28.2 Å². The summed E-state index contributed by atoms with van der Waals surface area (Å²) in [6.07, 6.45) is 0. The van der Waals surface area contributed by atoms with Crippen molar-refractivity contribution in [2.45, 2.75) is 10.2 Å². The summed E-state index contributed by atoms with van der Waals surface area (Å²) in [5, 5.41) is 12.1. The topological polar surface area (TPSA) is 86.7 Å². The molecule has 3 aliphatic carbocycles. The van der Waals surface area contributed by atoms with Gasteiger partial charge in [-0.05, 0) is 46.5 Å². The molecule has 1 aliphatic heterocycles. The number of benzene rings is 3. The van der Waals surface area contributed by atoms with Gasteiger partial charge in [0.1, 0.15) is 12.3 Å². The fraction of sp³-hybridized carbons (Fsp3) is 0.192. The summed E-state index contributed by atoms with van der Waals surface area (Å²) in [4.78, 5) is 41.1. The molecule has 1 fully saturated rings. The molecule has 4 aliphatic rings. The van der Waals surface area contributed by atoms with Crippen LogP contribution in [0, 0.1) is 11.8 Å². The van der Waals surface area contributed by atoms with Gasteiger partial charge in [0, 0.05) is 11.6 Å². The maximum absolute atomic E-state index is 13.7. The summed E-state index contributed by atoms with van der Waals surface area (Å²) >= 11 is 3.94. The van der Waals surface area contributed by atoms with Crippen LogP contribution >= 0.6 is 15.9 Å². The van der Waals surface area contributed by atoms with Crippen LogP contribution in [0.3, 0.4) is 0 Å². The van der Waals surface area contributed by atoms with Crippen molar-refractivity contribution in [1.29, 1.82) is 0 Å². The molecule has 7 rings (SSSR count). The Hall–Kier alpha value is -3.45. The molecule has 2 bridgehead atoms. The molecule has 2 atom stereocenters. The third-order valence-corrected chi connectivity index (χ3v) is 8.41. The number of alkyl halides is 1. The van der Waals surface area contributed by atoms with E-state index >= 15 is 0 Å². The number of likely N-dealkylation sites (tertiary alicyclic amines) is 1. The number of phenolic OH excluding ortho intramolecular Hbond substituents is 1. The fourth-order valence-corrected chi connectivity index (χ4v) is 6.99. The highest BCUT2D eigenvalue weighted by molar-refractivity contribution is 9.09. The van der Waals surface area contributed by atoms with Gasteiger partial charge in [0.2, 0.25) is 17.7 Å². The second-order valence-electron chi connectivity index (χ2n) is 8.73. The van der Waals surface area contributed by atoms with E-state index in [-0.39, 0.29) is 30.0 Å². The number of carbonyl (C=O) groups is 3. The second kappa shape index (κ2) is 7.02. The molecular weight excluding hydrogens is 484 g/mol. The van der Waals surface area contributed by atoms with E-state index in [1.54, 1.807) is 12.1 Å². The lowest BCUT2D eigenvalue weighted by atomic mass is 9.55. The number of halogens is 1. The van der Waals surface area contributed by atoms with Crippen molar-refractivity contribution < 1.29 is 19.5 Å². The fourth-order valence-electron chi connectivity index (χ4n) is 5.78. The molecule has 0 spiro atoms. The van der Waals surface area contributed by atoms with Gasteiger partial charge < -0.3 is 10.4 Å². The van der Waals surface area contributed by atoms with Crippen molar-refractivity contribution in [1.82, 2.24) is 4.90 Å². The minimum atomic E-state index is -0.825. The quantitative estimate of drug-likeness (QED) is 0.324. The molecule has 1 saturated heterocycles. The number of hydrogen-bond acceptors (Lipinski definition) is 4. The van der Waals surface area contributed by atoms with Crippen LogP contribution in [0.5, 0.6) is 5.75 Å². The van der Waals surface area contributed by atoms with Crippen LogP contribution in [-0.4, -0.2) is 34.3 Å². The molecule has 33 heavy (non-hydrogen) atoms. The van der Waals surface area contributed by atoms with Crippen molar-refractivity contribution in [2.24, 2.45) is 11.8 Å². The van der Waals surface area contributed by atoms with Gasteiger partial charge in [0.25, 0.3) is 0 Å². The lowest BCUT2D eigenvalue weighted by Gasteiger charge is -2.51. The van der Waals surface area contributed by atoms with Gasteiger partial charge in [-0.15, -0.1) is 0 Å². The standard InChI is InChI=1S/C26H19BrN2O4/c27-26-18-7-3-1-5-16(18)21(17-6-2-4-8-19(17)26)22-23(26)25(33)29(24(22)32)13-20(31)28-14-9-11-15(30)12-10-14/h1-12,21-23,30H,13H2,(H,28,31)/t21?,22-,23+,26?/m1/s1. The van der Waals surface area contributed by atoms with Gasteiger partial charge in [-0.3, -0.25) is 19.3 Å². The highest BCUT2D eigenvalue weighted by atomic mass is 79.9. The molecule has 0 radical (unpaired) electrons. The number of anilines is 1. The average molecular weight is 503 g/mol. The number of nitrogens with one attached hydrogen (secondary N) is 1. The van der Waals surface area contributed by atoms with E-state index < -0.39 is 22.1 Å². The molecule has 1 heterocycles. The minimum Gasteiger partial charge on any atom is -0.508 e. The summed E-state index contributed by atoms with van der Waals surface area (Å²) in [6.45, 7) is -0.353. The Morgan fingerprint density at radius 1 is 0.909 bits per heavy atom. The van der Waals surface area contributed by atoms with E-state index in [4.69, 9.17) is 0 Å². The first kappa shape index (κ1) is 20.2. The molecule has 3 amide bonds. The zero-order valence-electron chi connectivity index (χ0n) is 17.4. The Morgan fingerprint density at radius 3 is 2.09 bits per heavy atom. The lowest BCUT2D eigenvalue weighted by molar-refractivity contribution is -0.142. The van der Waals surface area contributed by atoms with E-state index in [1.807, 2.05) is 48.5 Å². The molecule has 0 unspecified atom stereocenters. The molecule has 7 heteroatoms. The summed E-state index contributed by atoms with van der Waals surface area (Å²) in [5.74, 6) is -2.46. The Kier molecular flexibility index (Phi) is 4.29. The minimum absolute atomic E-state index is 0.0826. The first-order chi connectivity index (χ1) is 15.9. The van der Waals surface area contributed by atoms with Crippen LogP contribution in [-0.2, 0) is 18.7 Å². The molecular formula is C26H19BrN2O4. The van der Waals surface area contributed by atoms with Gasteiger partial charge in [-0.2, -0.15) is 0 Å². The maximum atomic E-state index is 13.7. The van der Waals surface area contributed by atoms with E-state index in [9.17, 15) is 19.5 Å². The van der Waals surface area contributed by atoms with E-state index in [1.165, 1.54) is 12.1 Å². The molecule has 3 aromatic carbocycles. The van der Waals surface area contributed by atoms with Gasteiger partial charge in [0.05, 0.1) is 16.2 Å². The van der Waals surface area contributed by atoms with Gasteiger partial charge in [0.15, 0.2) is 0 Å². The molecule has 6 nitrogen and oxygen atoms in total. The van der Waals surface area contributed by atoms with Crippen LogP contribution < -0.4 is 5.32 Å². The largest absolute Gasteiger partial charge is 0.508 e. The number of aromatic hydroxyl groups is 1. The second-order valence-corrected chi connectivity index (χ2v) is 9.98. The average Bonchev–Trinajstić information content (AvgIpc) is 3.07. The number of imide groups is 1. The van der Waals surface area contributed by atoms with Crippen molar-refractivity contribution in [3.05, 3.63) is 95.1 Å². The van der Waals surface area contributed by atoms with Crippen LogP contribution in [0.2, 0.25) is 0 Å². The number of nitrogens with zero attached hydrogens (tertiary/aromatic N) is 1. The number of rotatable bonds is 3. The first-order valence-corrected chi connectivity index (χ1v) is 11.5. The SMILES string of the molecule is O=C(CN1C(=O)[C@@H]2C3c4ccccc4C(Br)(c4ccccc43)[C@@H]2C1=O)Nc1ccc(O)cc1. The Balaban J connectivity index is 1.38. The van der Waals surface area contributed by atoms with E-state index in [0.29, 0.717) is 5.69 Å². The summed E-state index contributed by atoms with van der Waals surface area (Å²) in [5.41, 5.74) is 4.58. The van der Waals surface area contributed by atoms with Crippen molar-refractivity contribution >= 4 is 39.3 Å². The van der Waals surface area contributed by atoms with Gasteiger partial charge in [-0.25, -0.2) is 0 Å². The third kappa shape index (κ3) is 2.69. The Labute approximate surface area is 198 Å². The summed E-state index contributed by atoms with van der Waals surface area (Å²) < 4.78 is -0.825. The van der Waals surface area contributed by atoms with Crippen LogP contribution in [0.4, 0.5) is 5.69 Å². The molecule has 0 aromatic heterocycles. The van der Waals surface area contributed by atoms with E-state index in [0.717, 1.165) is 27.2 Å². The summed E-state index contributed by atoms with van der Waals surface area (Å²) in [6, 6.07) is 21.9. The number of hydrogen-bond donors (Lipinski definition) is 2. The molecule has 3 aromatic rings. The Morgan fingerprint density at radius 2 is 1.48 bits per heavy atom. The smallest absolute Gasteiger partial charge is 0.244 e. The number of phenols is 1. The van der Waals surface area contributed by atoms with Crippen molar-refractivity contribution in [3.8, 4) is 5.75 Å². The predicted octanol–water partition coefficient (Wildman–Crippen LogP) is 3.73. The van der Waals surface area contributed by atoms with E-state index in [2.05, 4.69) is 21.2 Å². The maximum Gasteiger partial charge on any atom is 0.244 e. The highest BCUT2D eigenvalue weighted by Gasteiger charge is 2.67. The van der Waals surface area contributed by atoms with Crippen molar-refractivity contribution in [2.75, 3.05) is 11.9 Å². The zero-order valence-corrected chi connectivity index (χ0v) is 19.0. The van der Waals surface area contributed by atoms with Crippen LogP contribution in [0.15, 0.2) is 72.8 Å². The summed E-state index contributed by atoms with van der Waals surface area (Å²) in [7, 11) is 0. The lowest BCUT2D eigenvalue weighted by Crippen LogP contribution is -2.50. The molecule has 0 saturated carbocycles. The van der Waals surface area contributed by atoms with Gasteiger partial charge in [-0.1, -0.05) is 64.5 Å². The number of carbonyl (C=O) groups excluding carboxylic acids is 3. The zero-order chi connectivity index (χ0) is 22.9. The first-order valence-electron chi connectivity index (χ1n) is 10.7. The van der Waals surface area contributed by atoms with Gasteiger partial charge >= 0.3 is 0 Å². The predicted molar refractivity (Wildman–Crippen MR) is 125 cm³/mol. The van der Waals surface area contributed by atoms with Crippen LogP contribution in [0.25, 0.3) is 0 Å². The van der Waals surface area contributed by atoms with Crippen molar-refractivity contribution in [3.63, 3.8) is 0 Å². The Bertz CT molecular complexity index is 1290. The number of amides is 3. The normalized spacial score (nSPS) is 26.6. The molecule has 164 valence electrons. The monoisotopic (exact) mass is 502 g/mol.